The third kappa shape index (κ3) is 4.15. The average Bonchev–Trinajstić information content (AvgIpc) is 2.86. The number of nitrogens with one attached hydrogen (secondary N) is 1. The van der Waals surface area contributed by atoms with Crippen molar-refractivity contribution in [2.45, 2.75) is 26.4 Å². The summed E-state index contributed by atoms with van der Waals surface area (Å²) in [6.45, 7) is 8.40. The van der Waals surface area contributed by atoms with Crippen LogP contribution in [0.4, 0.5) is 0 Å². The molecule has 2 heterocycles. The smallest absolute Gasteiger partial charge is 0.270 e. The molecule has 6 heteroatoms. The SMILES string of the molecule is CC(=O)c1c[nH]c(C(=O)N2CCN(CC(C)(C)O)CC2)c1. The van der Waals surface area contributed by atoms with Gasteiger partial charge in [0.25, 0.3) is 5.91 Å². The van der Waals surface area contributed by atoms with E-state index in [0.717, 1.165) is 13.1 Å². The van der Waals surface area contributed by atoms with Crippen molar-refractivity contribution < 1.29 is 14.7 Å². The third-order valence-electron chi connectivity index (χ3n) is 3.59. The number of carbonyl (C=O) groups is 2. The topological polar surface area (TPSA) is 76.6 Å². The van der Waals surface area contributed by atoms with Crippen molar-refractivity contribution in [3.63, 3.8) is 0 Å². The number of hydrogen-bond donors (Lipinski definition) is 2. The highest BCUT2D eigenvalue weighted by Crippen LogP contribution is 2.12. The predicted molar refractivity (Wildman–Crippen MR) is 79.4 cm³/mol. The van der Waals surface area contributed by atoms with Crippen LogP contribution >= 0.6 is 0 Å². The Hall–Kier alpha value is -1.66. The molecule has 0 unspecified atom stereocenters. The number of amides is 1. The fourth-order valence-electron chi connectivity index (χ4n) is 2.55. The van der Waals surface area contributed by atoms with Gasteiger partial charge < -0.3 is 15.0 Å². The van der Waals surface area contributed by atoms with Crippen LogP contribution in [-0.4, -0.2) is 69.9 Å². The molecule has 2 rings (SSSR count). The van der Waals surface area contributed by atoms with Gasteiger partial charge >= 0.3 is 0 Å². The minimum Gasteiger partial charge on any atom is -0.389 e. The van der Waals surface area contributed by atoms with E-state index in [2.05, 4.69) is 9.88 Å². The standard InChI is InChI=1S/C15H23N3O3/c1-11(19)12-8-13(16-9-12)14(20)18-6-4-17(5-7-18)10-15(2,3)21/h8-9,16,21H,4-7,10H2,1-3H3. The van der Waals surface area contributed by atoms with Crippen LogP contribution in [0.2, 0.25) is 0 Å². The highest BCUT2D eigenvalue weighted by atomic mass is 16.3. The molecule has 0 bridgehead atoms. The molecule has 0 spiro atoms. The Labute approximate surface area is 124 Å². The van der Waals surface area contributed by atoms with Crippen molar-refractivity contribution in [3.05, 3.63) is 23.5 Å². The normalized spacial score (nSPS) is 17.0. The molecular weight excluding hydrogens is 270 g/mol. The van der Waals surface area contributed by atoms with Gasteiger partial charge in [0.15, 0.2) is 5.78 Å². The van der Waals surface area contributed by atoms with Gasteiger partial charge in [0, 0.05) is 44.5 Å². The van der Waals surface area contributed by atoms with E-state index in [0.29, 0.717) is 30.9 Å². The zero-order chi connectivity index (χ0) is 15.6. The van der Waals surface area contributed by atoms with Gasteiger partial charge in [-0.15, -0.1) is 0 Å². The molecule has 21 heavy (non-hydrogen) atoms. The molecule has 0 aliphatic carbocycles. The maximum atomic E-state index is 12.3. The second-order valence-corrected chi connectivity index (χ2v) is 6.24. The molecule has 1 aliphatic rings. The number of aromatic amines is 1. The number of aliphatic hydroxyl groups is 1. The molecule has 1 aliphatic heterocycles. The van der Waals surface area contributed by atoms with Crippen LogP contribution in [0.15, 0.2) is 12.3 Å². The van der Waals surface area contributed by atoms with Gasteiger partial charge in [0.1, 0.15) is 5.69 Å². The van der Waals surface area contributed by atoms with Crippen LogP contribution in [0.1, 0.15) is 41.6 Å². The van der Waals surface area contributed by atoms with E-state index in [4.69, 9.17) is 0 Å². The summed E-state index contributed by atoms with van der Waals surface area (Å²) in [4.78, 5) is 30.4. The van der Waals surface area contributed by atoms with Gasteiger partial charge in [-0.05, 0) is 26.8 Å². The van der Waals surface area contributed by atoms with Crippen molar-refractivity contribution >= 4 is 11.7 Å². The highest BCUT2D eigenvalue weighted by Gasteiger charge is 2.26. The van der Waals surface area contributed by atoms with Crippen molar-refractivity contribution in [3.8, 4) is 0 Å². The van der Waals surface area contributed by atoms with Gasteiger partial charge in [0.2, 0.25) is 0 Å². The summed E-state index contributed by atoms with van der Waals surface area (Å²) in [5.41, 5.74) is 0.261. The van der Waals surface area contributed by atoms with Gasteiger partial charge in [0.05, 0.1) is 5.60 Å². The minimum absolute atomic E-state index is 0.0553. The molecule has 6 nitrogen and oxygen atoms in total. The molecule has 0 aromatic carbocycles. The molecule has 1 fully saturated rings. The number of β-amino-alcohol motifs (C(OH)–C–C–N with tert-alkyl or cyclic N) is 1. The summed E-state index contributed by atoms with van der Waals surface area (Å²) in [6, 6.07) is 1.61. The Kier molecular flexibility index (Phi) is 4.49. The number of ketones is 1. The van der Waals surface area contributed by atoms with E-state index in [1.807, 2.05) is 0 Å². The van der Waals surface area contributed by atoms with Crippen LogP contribution in [0.25, 0.3) is 0 Å². The Morgan fingerprint density at radius 1 is 1.29 bits per heavy atom. The summed E-state index contributed by atoms with van der Waals surface area (Å²) in [5, 5.41) is 9.82. The Morgan fingerprint density at radius 2 is 1.90 bits per heavy atom. The quantitative estimate of drug-likeness (QED) is 0.803. The first kappa shape index (κ1) is 15.7. The Morgan fingerprint density at radius 3 is 2.38 bits per heavy atom. The lowest BCUT2D eigenvalue weighted by Crippen LogP contribution is -2.52. The molecular formula is C15H23N3O3. The lowest BCUT2D eigenvalue weighted by molar-refractivity contribution is 0.0177. The molecule has 0 saturated carbocycles. The third-order valence-corrected chi connectivity index (χ3v) is 3.59. The van der Waals surface area contributed by atoms with Gasteiger partial charge in [-0.3, -0.25) is 14.5 Å². The van der Waals surface area contributed by atoms with Crippen molar-refractivity contribution in [2.24, 2.45) is 0 Å². The van der Waals surface area contributed by atoms with Crippen LogP contribution in [0.3, 0.4) is 0 Å². The average molecular weight is 293 g/mol. The number of H-pyrrole nitrogens is 1. The van der Waals surface area contributed by atoms with Crippen LogP contribution < -0.4 is 0 Å². The van der Waals surface area contributed by atoms with E-state index < -0.39 is 5.60 Å². The lowest BCUT2D eigenvalue weighted by atomic mass is 10.1. The zero-order valence-electron chi connectivity index (χ0n) is 12.8. The van der Waals surface area contributed by atoms with E-state index in [9.17, 15) is 14.7 Å². The summed E-state index contributed by atoms with van der Waals surface area (Å²) in [5.74, 6) is -0.134. The number of piperazine rings is 1. The summed E-state index contributed by atoms with van der Waals surface area (Å²) >= 11 is 0. The fourth-order valence-corrected chi connectivity index (χ4v) is 2.55. The molecule has 1 amide bonds. The second-order valence-electron chi connectivity index (χ2n) is 6.24. The minimum atomic E-state index is -0.720. The van der Waals surface area contributed by atoms with Gasteiger partial charge in [-0.1, -0.05) is 0 Å². The Balaban J connectivity index is 1.92. The van der Waals surface area contributed by atoms with Crippen LogP contribution in [0.5, 0.6) is 0 Å². The highest BCUT2D eigenvalue weighted by molar-refractivity contribution is 5.99. The number of aromatic nitrogens is 1. The largest absolute Gasteiger partial charge is 0.389 e. The lowest BCUT2D eigenvalue weighted by Gasteiger charge is -2.37. The predicted octanol–water partition coefficient (Wildman–Crippen LogP) is 0.746. The van der Waals surface area contributed by atoms with Crippen LogP contribution in [0, 0.1) is 0 Å². The molecule has 1 saturated heterocycles. The molecule has 0 atom stereocenters. The number of nitrogens with zero attached hydrogens (tertiary/aromatic N) is 2. The van der Waals surface area contributed by atoms with Crippen molar-refractivity contribution in [1.82, 2.24) is 14.8 Å². The maximum absolute atomic E-state index is 12.3. The fraction of sp³-hybridized carbons (Fsp3) is 0.600. The molecule has 116 valence electrons. The molecule has 1 aromatic rings. The van der Waals surface area contributed by atoms with E-state index in [1.54, 1.807) is 31.0 Å². The maximum Gasteiger partial charge on any atom is 0.270 e. The Bertz CT molecular complexity index is 523. The van der Waals surface area contributed by atoms with Gasteiger partial charge in [-0.2, -0.15) is 0 Å². The molecule has 2 N–H and O–H groups in total. The number of carbonyl (C=O) groups excluding carboxylic acids is 2. The molecule has 1 aromatic heterocycles. The van der Waals surface area contributed by atoms with E-state index in [1.165, 1.54) is 6.92 Å². The van der Waals surface area contributed by atoms with Crippen molar-refractivity contribution in [1.29, 1.82) is 0 Å². The second kappa shape index (κ2) is 5.99. The monoisotopic (exact) mass is 293 g/mol. The van der Waals surface area contributed by atoms with Gasteiger partial charge in [-0.25, -0.2) is 0 Å². The first-order valence-electron chi connectivity index (χ1n) is 7.19. The zero-order valence-corrected chi connectivity index (χ0v) is 12.8. The first-order valence-corrected chi connectivity index (χ1v) is 7.19. The van der Waals surface area contributed by atoms with Crippen LogP contribution in [-0.2, 0) is 0 Å². The van der Waals surface area contributed by atoms with E-state index >= 15 is 0 Å². The number of rotatable bonds is 4. The number of Topliss-reactive ketones (excluding diaryl/α,β-unsaturated/α-hetero) is 1. The number of hydrogen-bond acceptors (Lipinski definition) is 4. The summed E-state index contributed by atoms with van der Waals surface area (Å²) < 4.78 is 0. The van der Waals surface area contributed by atoms with E-state index in [-0.39, 0.29) is 11.7 Å². The summed E-state index contributed by atoms with van der Waals surface area (Å²) in [7, 11) is 0. The van der Waals surface area contributed by atoms with Crippen molar-refractivity contribution in [2.75, 3.05) is 32.7 Å². The summed E-state index contributed by atoms with van der Waals surface area (Å²) in [6.07, 6.45) is 1.57. The molecule has 0 radical (unpaired) electrons. The first-order chi connectivity index (χ1) is 9.76.